The molecule has 0 radical (unpaired) electrons. The summed E-state index contributed by atoms with van der Waals surface area (Å²) in [5.74, 6) is -3.29. The van der Waals surface area contributed by atoms with E-state index in [-0.39, 0.29) is 38.2 Å². The van der Waals surface area contributed by atoms with E-state index in [2.05, 4.69) is 0 Å². The largest absolute Gasteiger partial charge is 0.456 e. The lowest BCUT2D eigenvalue weighted by molar-refractivity contribution is -0.379. The van der Waals surface area contributed by atoms with Gasteiger partial charge in [-0.05, 0) is 18.9 Å². The average Bonchev–Trinajstić information content (AvgIpc) is 2.89. The molecule has 0 saturated carbocycles. The highest BCUT2D eigenvalue weighted by Gasteiger charge is 2.60. The summed E-state index contributed by atoms with van der Waals surface area (Å²) in [5.41, 5.74) is -0.730. The average molecular weight is 549 g/mol. The number of carbonyl (C=O) groups is 1. The third-order valence-electron chi connectivity index (χ3n) is 8.37. The molecule has 2 saturated heterocycles. The van der Waals surface area contributed by atoms with Gasteiger partial charge in [-0.15, -0.1) is 0 Å². The van der Waals surface area contributed by atoms with Crippen molar-refractivity contribution in [3.63, 3.8) is 0 Å². The van der Waals surface area contributed by atoms with Crippen LogP contribution in [0.4, 0.5) is 0 Å². The van der Waals surface area contributed by atoms with Crippen LogP contribution < -0.4 is 0 Å². The summed E-state index contributed by atoms with van der Waals surface area (Å²) in [5, 5.41) is 54.7. The second kappa shape index (κ2) is 14.0. The monoisotopic (exact) mass is 548 g/mol. The summed E-state index contributed by atoms with van der Waals surface area (Å²) >= 11 is 0. The predicted octanol–water partition coefficient (Wildman–Crippen LogP) is 0.678. The molecular formula is C27H48O11. The molecule has 1 unspecified atom stereocenters. The molecule has 38 heavy (non-hydrogen) atoms. The molecule has 0 aromatic heterocycles. The number of ether oxygens (including phenoxy) is 5. The number of carbonyl (C=O) groups excluding carboxylic acids is 1. The Bertz CT molecular complexity index is 783. The van der Waals surface area contributed by atoms with E-state index in [9.17, 15) is 30.3 Å². The molecule has 2 aliphatic rings. The zero-order valence-corrected chi connectivity index (χ0v) is 23.7. The molecule has 10 atom stereocenters. The number of fused-ring (bicyclic) bond motifs is 2. The first-order valence-corrected chi connectivity index (χ1v) is 13.3. The van der Waals surface area contributed by atoms with Crippen molar-refractivity contribution in [3.05, 3.63) is 11.6 Å². The lowest BCUT2D eigenvalue weighted by Gasteiger charge is -2.54. The predicted molar refractivity (Wildman–Crippen MR) is 137 cm³/mol. The van der Waals surface area contributed by atoms with Crippen molar-refractivity contribution >= 4 is 5.97 Å². The van der Waals surface area contributed by atoms with Crippen molar-refractivity contribution in [1.82, 2.24) is 0 Å². The van der Waals surface area contributed by atoms with Gasteiger partial charge < -0.3 is 49.2 Å². The third kappa shape index (κ3) is 7.13. The summed E-state index contributed by atoms with van der Waals surface area (Å²) in [7, 11) is 4.20. The summed E-state index contributed by atoms with van der Waals surface area (Å²) < 4.78 is 28.3. The van der Waals surface area contributed by atoms with E-state index in [4.69, 9.17) is 23.7 Å². The summed E-state index contributed by atoms with van der Waals surface area (Å²) in [6.07, 6.45) is -5.71. The fourth-order valence-electron chi connectivity index (χ4n) is 5.30. The fourth-order valence-corrected chi connectivity index (χ4v) is 5.30. The van der Waals surface area contributed by atoms with E-state index < -0.39 is 66.0 Å². The van der Waals surface area contributed by atoms with Gasteiger partial charge in [-0.25, -0.2) is 4.79 Å². The molecule has 2 heterocycles. The first-order valence-electron chi connectivity index (χ1n) is 13.3. The smallest absolute Gasteiger partial charge is 0.338 e. The van der Waals surface area contributed by atoms with Crippen LogP contribution in [0.25, 0.3) is 0 Å². The quantitative estimate of drug-likeness (QED) is 0.224. The van der Waals surface area contributed by atoms with E-state index in [0.717, 1.165) is 0 Å². The van der Waals surface area contributed by atoms with Gasteiger partial charge in [0.15, 0.2) is 6.10 Å². The van der Waals surface area contributed by atoms with Crippen LogP contribution in [0.3, 0.4) is 0 Å². The molecule has 222 valence electrons. The van der Waals surface area contributed by atoms with Gasteiger partial charge in [-0.2, -0.15) is 0 Å². The van der Waals surface area contributed by atoms with Gasteiger partial charge in [0.25, 0.3) is 0 Å². The number of aliphatic hydroxyl groups excluding tert-OH is 4. The zero-order valence-electron chi connectivity index (χ0n) is 23.7. The summed E-state index contributed by atoms with van der Waals surface area (Å²) in [6.45, 7) is 6.81. The molecule has 11 nitrogen and oxygen atoms in total. The number of hydrogen-bond donors (Lipinski definition) is 5. The van der Waals surface area contributed by atoms with E-state index in [1.54, 1.807) is 20.8 Å². The maximum absolute atomic E-state index is 13.1. The number of hydrogen-bond acceptors (Lipinski definition) is 11. The lowest BCUT2D eigenvalue weighted by atomic mass is 9.70. The van der Waals surface area contributed by atoms with Gasteiger partial charge in [0.2, 0.25) is 5.79 Å². The van der Waals surface area contributed by atoms with Gasteiger partial charge in [-0.3, -0.25) is 0 Å². The zero-order chi connectivity index (χ0) is 28.8. The van der Waals surface area contributed by atoms with Crippen LogP contribution in [0.2, 0.25) is 0 Å². The van der Waals surface area contributed by atoms with Crippen molar-refractivity contribution in [2.24, 2.45) is 11.3 Å². The number of esters is 1. The van der Waals surface area contributed by atoms with E-state index >= 15 is 0 Å². The van der Waals surface area contributed by atoms with Crippen LogP contribution >= 0.6 is 0 Å². The van der Waals surface area contributed by atoms with Crippen molar-refractivity contribution in [2.75, 3.05) is 27.9 Å². The first-order chi connectivity index (χ1) is 17.8. The highest BCUT2D eigenvalue weighted by molar-refractivity contribution is 5.75. The molecule has 2 bridgehead atoms. The lowest BCUT2D eigenvalue weighted by Crippen LogP contribution is -2.68. The summed E-state index contributed by atoms with van der Waals surface area (Å²) in [4.78, 5) is 13.1. The minimum Gasteiger partial charge on any atom is -0.456 e. The van der Waals surface area contributed by atoms with Gasteiger partial charge in [0, 0.05) is 65.0 Å². The Balaban J connectivity index is 2.56. The molecule has 2 rings (SSSR count). The Morgan fingerprint density at radius 3 is 2.18 bits per heavy atom. The van der Waals surface area contributed by atoms with E-state index in [1.165, 1.54) is 21.3 Å². The van der Waals surface area contributed by atoms with Crippen molar-refractivity contribution in [3.8, 4) is 0 Å². The molecule has 2 fully saturated rings. The Morgan fingerprint density at radius 2 is 1.66 bits per heavy atom. The number of aliphatic hydroxyl groups is 5. The van der Waals surface area contributed by atoms with Gasteiger partial charge in [-0.1, -0.05) is 26.8 Å². The minimum absolute atomic E-state index is 0.0174. The Hall–Kier alpha value is -1.15. The minimum atomic E-state index is -2.23. The van der Waals surface area contributed by atoms with Gasteiger partial charge in [0.1, 0.15) is 12.2 Å². The molecule has 5 N–H and O–H groups in total. The van der Waals surface area contributed by atoms with Crippen LogP contribution in [-0.2, 0) is 28.5 Å². The second-order valence-electron chi connectivity index (χ2n) is 11.1. The molecule has 2 aliphatic heterocycles. The fraction of sp³-hybridized carbons (Fsp3) is 0.889. The highest BCUT2D eigenvalue weighted by atomic mass is 16.7. The van der Waals surface area contributed by atoms with E-state index in [0.29, 0.717) is 12.0 Å². The first kappa shape index (κ1) is 33.1. The SMILES string of the molecule is CC[C@H](/C=C(/C)C1C[C@@H](OC)C[C@H](O)C(C)(C)[C@@]2(O)O[C@H](C[C@@H](OC)[C@H]2O)C[C@@H](OC)[C@@H](O)C(=O)O1)CO. The van der Waals surface area contributed by atoms with Crippen molar-refractivity contribution in [1.29, 1.82) is 0 Å². The standard InChI is InChI=1S/C27H48O11/c1-8-16(14-28)9-15(2)19-10-17(34-5)13-22(29)26(3,4)27(33)24(31)21(36-7)12-18(38-27)11-20(35-6)23(30)25(32)37-19/h9,16-24,28-31,33H,8,10-14H2,1-7H3/b15-9-/t16-,17-,18+,19?,20-,21-,22+,23-,24-,27+/m1/s1. The van der Waals surface area contributed by atoms with Crippen molar-refractivity contribution < 1.29 is 54.0 Å². The number of cyclic esters (lactones) is 1. The van der Waals surface area contributed by atoms with Crippen LogP contribution in [0.5, 0.6) is 0 Å². The molecule has 0 aromatic carbocycles. The van der Waals surface area contributed by atoms with Crippen LogP contribution in [-0.4, -0.2) is 114 Å². The van der Waals surface area contributed by atoms with Crippen LogP contribution in [0.1, 0.15) is 59.8 Å². The maximum Gasteiger partial charge on any atom is 0.338 e. The normalized spacial score (nSPS) is 40.2. The van der Waals surface area contributed by atoms with Gasteiger partial charge in [0.05, 0.1) is 30.5 Å². The van der Waals surface area contributed by atoms with Crippen LogP contribution in [0.15, 0.2) is 11.6 Å². The second-order valence-corrected chi connectivity index (χ2v) is 11.1. The Labute approximate surface area is 225 Å². The number of methoxy groups -OCH3 is 3. The Morgan fingerprint density at radius 1 is 1.05 bits per heavy atom. The summed E-state index contributed by atoms with van der Waals surface area (Å²) in [6, 6.07) is 0. The van der Waals surface area contributed by atoms with Gasteiger partial charge >= 0.3 is 5.97 Å². The maximum atomic E-state index is 13.1. The van der Waals surface area contributed by atoms with Crippen LogP contribution in [0, 0.1) is 11.3 Å². The third-order valence-corrected chi connectivity index (χ3v) is 8.37. The number of rotatable bonds is 7. The highest BCUT2D eigenvalue weighted by Crippen LogP contribution is 2.46. The van der Waals surface area contributed by atoms with E-state index in [1.807, 2.05) is 13.0 Å². The molecule has 11 heteroatoms. The topological polar surface area (TPSA) is 164 Å². The molecular weight excluding hydrogens is 500 g/mol. The molecule has 0 spiro atoms. The van der Waals surface area contributed by atoms with Crippen molar-refractivity contribution in [2.45, 2.75) is 114 Å². The molecule has 0 amide bonds. The molecule has 0 aliphatic carbocycles. The Kier molecular flexibility index (Phi) is 12.1. The molecule has 0 aromatic rings.